The van der Waals surface area contributed by atoms with Gasteiger partial charge in [-0.05, 0) is 10.8 Å². The Labute approximate surface area is 80.5 Å². The van der Waals surface area contributed by atoms with Crippen molar-refractivity contribution < 1.29 is 17.9 Å². The van der Waals surface area contributed by atoms with Crippen molar-refractivity contribution in [1.82, 2.24) is 5.32 Å². The molecule has 5 nitrogen and oxygen atoms in total. The summed E-state index contributed by atoms with van der Waals surface area (Å²) < 4.78 is 26.7. The van der Waals surface area contributed by atoms with Gasteiger partial charge in [0.15, 0.2) is 0 Å². The highest BCUT2D eigenvalue weighted by molar-refractivity contribution is 8.72. The molecule has 1 fully saturated rings. The largest absolute Gasteiger partial charge is 0.447 e. The zero-order valence-electron chi connectivity index (χ0n) is 7.15. The van der Waals surface area contributed by atoms with Crippen molar-refractivity contribution in [1.29, 1.82) is 0 Å². The number of cyclic esters (lactones) is 1. The standard InChI is InChI=1S/C6H11NO4S2/c1-2-13(9,10)12-4-5-3-11-6(8)7-5/h5H,2-4H2,1H3,(H,7,8). The van der Waals surface area contributed by atoms with Crippen LogP contribution in [-0.4, -0.2) is 38.7 Å². The van der Waals surface area contributed by atoms with Gasteiger partial charge in [-0.3, -0.25) is 0 Å². The van der Waals surface area contributed by atoms with Crippen molar-refractivity contribution in [2.24, 2.45) is 0 Å². The van der Waals surface area contributed by atoms with Crippen LogP contribution < -0.4 is 5.32 Å². The molecule has 0 aliphatic carbocycles. The van der Waals surface area contributed by atoms with E-state index in [1.54, 1.807) is 6.92 Å². The second-order valence-electron chi connectivity index (χ2n) is 2.57. The van der Waals surface area contributed by atoms with Crippen LogP contribution in [0.25, 0.3) is 0 Å². The van der Waals surface area contributed by atoms with E-state index in [0.717, 1.165) is 10.8 Å². The molecule has 0 saturated carbocycles. The van der Waals surface area contributed by atoms with Crippen LogP contribution >= 0.6 is 10.8 Å². The Morgan fingerprint density at radius 3 is 2.85 bits per heavy atom. The Kier molecular flexibility index (Phi) is 3.43. The highest BCUT2D eigenvalue weighted by atomic mass is 33.1. The van der Waals surface area contributed by atoms with Gasteiger partial charge in [0, 0.05) is 5.75 Å². The molecule has 0 aromatic carbocycles. The van der Waals surface area contributed by atoms with E-state index in [-0.39, 0.29) is 18.4 Å². The van der Waals surface area contributed by atoms with Crippen LogP contribution in [0, 0.1) is 0 Å². The van der Waals surface area contributed by atoms with Gasteiger partial charge in [-0.2, -0.15) is 0 Å². The molecule has 0 bridgehead atoms. The molecular weight excluding hydrogens is 214 g/mol. The zero-order chi connectivity index (χ0) is 9.90. The molecule has 0 aromatic heterocycles. The van der Waals surface area contributed by atoms with Gasteiger partial charge in [0.05, 0.1) is 11.8 Å². The van der Waals surface area contributed by atoms with Gasteiger partial charge >= 0.3 is 6.09 Å². The first-order valence-electron chi connectivity index (χ1n) is 3.84. The predicted molar refractivity (Wildman–Crippen MR) is 50.2 cm³/mol. The molecule has 1 heterocycles. The van der Waals surface area contributed by atoms with Gasteiger partial charge in [-0.1, -0.05) is 6.92 Å². The van der Waals surface area contributed by atoms with Crippen molar-refractivity contribution >= 4 is 25.8 Å². The molecule has 1 N–H and O–H groups in total. The summed E-state index contributed by atoms with van der Waals surface area (Å²) in [6.07, 6.45) is -0.473. The fourth-order valence-corrected chi connectivity index (χ4v) is 3.12. The summed E-state index contributed by atoms with van der Waals surface area (Å²) in [6, 6.07) is -0.182. The Balaban J connectivity index is 2.31. The normalized spacial score (nSPS) is 22.5. The van der Waals surface area contributed by atoms with Crippen LogP contribution in [0.1, 0.15) is 6.92 Å². The Morgan fingerprint density at radius 1 is 1.69 bits per heavy atom. The van der Waals surface area contributed by atoms with E-state index in [2.05, 4.69) is 10.1 Å². The number of rotatable bonds is 4. The lowest BCUT2D eigenvalue weighted by atomic mass is 10.4. The summed E-state index contributed by atoms with van der Waals surface area (Å²) in [5, 5.41) is 2.50. The molecule has 1 atom stereocenters. The van der Waals surface area contributed by atoms with Gasteiger partial charge in [-0.15, -0.1) is 0 Å². The molecular formula is C6H11NO4S2. The number of hydrogen-bond donors (Lipinski definition) is 1. The van der Waals surface area contributed by atoms with Crippen molar-refractivity contribution in [3.05, 3.63) is 0 Å². The first-order valence-corrected chi connectivity index (χ1v) is 6.99. The monoisotopic (exact) mass is 225 g/mol. The van der Waals surface area contributed by atoms with Gasteiger partial charge in [0.1, 0.15) is 6.61 Å². The first-order chi connectivity index (χ1) is 6.03. The summed E-state index contributed by atoms with van der Waals surface area (Å²) in [5.74, 6) is 0.459. The number of hydrogen-bond acceptors (Lipinski definition) is 5. The number of carbonyl (C=O) groups excluding carboxylic acids is 1. The van der Waals surface area contributed by atoms with Crippen molar-refractivity contribution in [2.45, 2.75) is 13.0 Å². The second kappa shape index (κ2) is 4.19. The van der Waals surface area contributed by atoms with Gasteiger partial charge in [-0.25, -0.2) is 13.2 Å². The first kappa shape index (κ1) is 10.6. The van der Waals surface area contributed by atoms with Crippen molar-refractivity contribution in [3.63, 3.8) is 0 Å². The molecule has 0 radical (unpaired) electrons. The molecule has 1 aliphatic rings. The van der Waals surface area contributed by atoms with Crippen LogP contribution in [0.4, 0.5) is 4.79 Å². The highest BCUT2D eigenvalue weighted by Gasteiger charge is 2.23. The van der Waals surface area contributed by atoms with E-state index in [4.69, 9.17) is 0 Å². The third-order valence-electron chi connectivity index (χ3n) is 1.54. The maximum atomic E-state index is 11.0. The highest BCUT2D eigenvalue weighted by Crippen LogP contribution is 2.15. The van der Waals surface area contributed by atoms with E-state index < -0.39 is 15.0 Å². The van der Waals surface area contributed by atoms with Crippen LogP contribution in [0.5, 0.6) is 0 Å². The summed E-state index contributed by atoms with van der Waals surface area (Å²) in [6.45, 7) is 1.84. The Bertz CT molecular complexity index is 287. The minimum atomic E-state index is -3.01. The third-order valence-corrected chi connectivity index (χ3v) is 5.34. The molecule has 13 heavy (non-hydrogen) atoms. The predicted octanol–water partition coefficient (Wildman–Crippen LogP) is 0.178. The summed E-state index contributed by atoms with van der Waals surface area (Å²) in [7, 11) is -2.16. The number of nitrogens with one attached hydrogen (secondary N) is 1. The van der Waals surface area contributed by atoms with Crippen molar-refractivity contribution in [2.75, 3.05) is 18.1 Å². The van der Waals surface area contributed by atoms with Crippen LogP contribution in [0.15, 0.2) is 0 Å². The Hall–Kier alpha value is -0.430. The van der Waals surface area contributed by atoms with E-state index >= 15 is 0 Å². The van der Waals surface area contributed by atoms with Crippen molar-refractivity contribution in [3.8, 4) is 0 Å². The minimum absolute atomic E-state index is 0.110. The van der Waals surface area contributed by atoms with Crippen LogP contribution in [0.3, 0.4) is 0 Å². The average Bonchev–Trinajstić information content (AvgIpc) is 2.48. The molecule has 1 rings (SSSR count). The lowest BCUT2D eigenvalue weighted by molar-refractivity contribution is 0.177. The molecule has 0 spiro atoms. The summed E-state index contributed by atoms with van der Waals surface area (Å²) in [4.78, 5) is 10.6. The number of amides is 1. The van der Waals surface area contributed by atoms with Gasteiger partial charge in [0.25, 0.3) is 0 Å². The maximum absolute atomic E-state index is 11.0. The average molecular weight is 225 g/mol. The molecule has 0 aromatic rings. The molecule has 1 unspecified atom stereocenters. The lowest BCUT2D eigenvalue weighted by Gasteiger charge is -2.05. The maximum Gasteiger partial charge on any atom is 0.407 e. The summed E-state index contributed by atoms with van der Waals surface area (Å²) in [5.41, 5.74) is 0. The lowest BCUT2D eigenvalue weighted by Crippen LogP contribution is -2.28. The SMILES string of the molecule is CCS(=O)(=O)SCC1COC(=O)N1. The van der Waals surface area contributed by atoms with E-state index in [9.17, 15) is 13.2 Å². The smallest absolute Gasteiger partial charge is 0.407 e. The minimum Gasteiger partial charge on any atom is -0.447 e. The second-order valence-corrected chi connectivity index (χ2v) is 7.06. The van der Waals surface area contributed by atoms with Crippen LogP contribution in [0.2, 0.25) is 0 Å². The van der Waals surface area contributed by atoms with E-state index in [1.807, 2.05) is 0 Å². The summed E-state index contributed by atoms with van der Waals surface area (Å²) >= 11 is 0. The number of ether oxygens (including phenoxy) is 1. The topological polar surface area (TPSA) is 72.5 Å². The van der Waals surface area contributed by atoms with E-state index in [1.165, 1.54) is 0 Å². The number of alkyl carbamates (subject to hydrolysis) is 1. The number of carbonyl (C=O) groups is 1. The zero-order valence-corrected chi connectivity index (χ0v) is 8.78. The molecule has 76 valence electrons. The molecule has 1 amide bonds. The Morgan fingerprint density at radius 2 is 2.38 bits per heavy atom. The fraction of sp³-hybridized carbons (Fsp3) is 0.833. The van der Waals surface area contributed by atoms with Crippen LogP contribution in [-0.2, 0) is 13.6 Å². The van der Waals surface area contributed by atoms with Gasteiger partial charge < -0.3 is 10.1 Å². The molecule has 1 saturated heterocycles. The third kappa shape index (κ3) is 3.43. The molecule has 7 heteroatoms. The van der Waals surface area contributed by atoms with Gasteiger partial charge in [0.2, 0.25) is 8.87 Å². The fourth-order valence-electron chi connectivity index (χ4n) is 0.785. The van der Waals surface area contributed by atoms with E-state index in [0.29, 0.717) is 5.75 Å². The molecule has 1 aliphatic heterocycles. The quantitative estimate of drug-likeness (QED) is 0.691.